The first-order valence-corrected chi connectivity index (χ1v) is 8.32. The van der Waals surface area contributed by atoms with E-state index in [1.54, 1.807) is 25.1 Å². The number of ether oxygens (including phenoxy) is 2. The molecule has 0 atom stereocenters. The van der Waals surface area contributed by atoms with E-state index >= 15 is 0 Å². The van der Waals surface area contributed by atoms with Gasteiger partial charge in [-0.25, -0.2) is 0 Å². The number of rotatable bonds is 8. The highest BCUT2D eigenvalue weighted by atomic mass is 79.9. The number of halogens is 1. The summed E-state index contributed by atoms with van der Waals surface area (Å²) in [5.41, 5.74) is 5.03. The molecule has 0 aliphatic rings. The van der Waals surface area contributed by atoms with Crippen LogP contribution in [-0.4, -0.2) is 31.6 Å². The van der Waals surface area contributed by atoms with Gasteiger partial charge in [-0.05, 0) is 53.4 Å². The fourth-order valence-corrected chi connectivity index (χ4v) is 2.09. The molecule has 0 aliphatic carbocycles. The van der Waals surface area contributed by atoms with E-state index in [1.165, 1.54) is 0 Å². The van der Waals surface area contributed by atoms with Gasteiger partial charge in [-0.3, -0.25) is 20.4 Å². The van der Waals surface area contributed by atoms with Gasteiger partial charge < -0.3 is 9.47 Å². The Morgan fingerprint density at radius 1 is 1.26 bits per heavy atom. The Morgan fingerprint density at radius 2 is 2.00 bits per heavy atom. The third-order valence-corrected chi connectivity index (χ3v) is 3.52. The van der Waals surface area contributed by atoms with Crippen LogP contribution in [0.4, 0.5) is 0 Å². The van der Waals surface area contributed by atoms with Gasteiger partial charge in [-0.2, -0.15) is 0 Å². The average Bonchev–Trinajstić information content (AvgIpc) is 2.51. The van der Waals surface area contributed by atoms with Gasteiger partial charge in [0, 0.05) is 12.2 Å². The maximum atomic E-state index is 12.0. The van der Waals surface area contributed by atoms with Crippen LogP contribution in [0.2, 0.25) is 0 Å². The van der Waals surface area contributed by atoms with Crippen LogP contribution in [0.15, 0.2) is 22.7 Å². The minimum absolute atomic E-state index is 0.0941. The van der Waals surface area contributed by atoms with Gasteiger partial charge in [0.05, 0.1) is 11.1 Å². The zero-order valence-electron chi connectivity index (χ0n) is 13.6. The van der Waals surface area contributed by atoms with Crippen LogP contribution >= 0.6 is 15.9 Å². The molecule has 23 heavy (non-hydrogen) atoms. The molecule has 0 fully saturated rings. The molecule has 0 spiro atoms. The van der Waals surface area contributed by atoms with Gasteiger partial charge in [0.25, 0.3) is 11.8 Å². The largest absolute Gasteiger partial charge is 0.492 e. The quantitative estimate of drug-likeness (QED) is 0.673. The lowest BCUT2D eigenvalue weighted by Gasteiger charge is -2.11. The van der Waals surface area contributed by atoms with E-state index in [0.717, 1.165) is 6.42 Å². The van der Waals surface area contributed by atoms with Gasteiger partial charge in [0.15, 0.2) is 0 Å². The van der Waals surface area contributed by atoms with Crippen molar-refractivity contribution in [1.82, 2.24) is 10.9 Å². The smallest absolute Gasteiger partial charge is 0.269 e. The van der Waals surface area contributed by atoms with Crippen molar-refractivity contribution < 1.29 is 19.1 Å². The van der Waals surface area contributed by atoms with Crippen molar-refractivity contribution in [2.45, 2.75) is 27.2 Å². The maximum Gasteiger partial charge on any atom is 0.269 e. The Morgan fingerprint density at radius 3 is 2.61 bits per heavy atom. The van der Waals surface area contributed by atoms with Crippen LogP contribution in [0.3, 0.4) is 0 Å². The van der Waals surface area contributed by atoms with Gasteiger partial charge in [0.1, 0.15) is 12.4 Å². The van der Waals surface area contributed by atoms with E-state index in [1.807, 2.05) is 0 Å². The Balaban J connectivity index is 2.52. The fraction of sp³-hybridized carbons (Fsp3) is 0.500. The average molecular weight is 387 g/mol. The highest BCUT2D eigenvalue weighted by Gasteiger charge is 2.10. The van der Waals surface area contributed by atoms with Crippen molar-refractivity contribution in [3.63, 3.8) is 0 Å². The molecule has 0 radical (unpaired) electrons. The van der Waals surface area contributed by atoms with Crippen molar-refractivity contribution >= 4 is 27.7 Å². The first kappa shape index (κ1) is 19.4. The zero-order valence-corrected chi connectivity index (χ0v) is 15.2. The lowest BCUT2D eigenvalue weighted by atomic mass is 10.1. The molecule has 1 aromatic rings. The summed E-state index contributed by atoms with van der Waals surface area (Å²) in [6, 6.07) is 5.01. The maximum absolute atomic E-state index is 12.0. The number of hydrazine groups is 1. The monoisotopic (exact) mass is 386 g/mol. The van der Waals surface area contributed by atoms with Crippen LogP contribution in [0.1, 0.15) is 37.6 Å². The molecule has 128 valence electrons. The van der Waals surface area contributed by atoms with Gasteiger partial charge >= 0.3 is 0 Å². The van der Waals surface area contributed by atoms with E-state index in [9.17, 15) is 9.59 Å². The summed E-state index contributed by atoms with van der Waals surface area (Å²) < 4.78 is 11.3. The Hall–Kier alpha value is -1.60. The second-order valence-electron chi connectivity index (χ2n) is 5.32. The number of carbonyl (C=O) groups excluding carboxylic acids is 2. The third-order valence-electron chi connectivity index (χ3n) is 2.90. The number of amides is 2. The molecule has 0 aromatic heterocycles. The minimum atomic E-state index is -0.413. The molecule has 0 heterocycles. The number of carbonyl (C=O) groups is 2. The summed E-state index contributed by atoms with van der Waals surface area (Å²) in [7, 11) is 0. The number of nitrogens with one attached hydrogen (secondary N) is 2. The predicted octanol–water partition coefficient (Wildman–Crippen LogP) is 2.67. The highest BCUT2D eigenvalue weighted by molar-refractivity contribution is 9.10. The molecule has 0 unspecified atom stereocenters. The summed E-state index contributed by atoms with van der Waals surface area (Å²) in [4.78, 5) is 23.3. The van der Waals surface area contributed by atoms with Crippen molar-refractivity contribution in [2.75, 3.05) is 19.8 Å². The molecule has 2 amide bonds. The molecule has 6 nitrogen and oxygen atoms in total. The Labute approximate surface area is 145 Å². The van der Waals surface area contributed by atoms with Crippen LogP contribution < -0.4 is 15.6 Å². The van der Waals surface area contributed by atoms with E-state index < -0.39 is 11.8 Å². The summed E-state index contributed by atoms with van der Waals surface area (Å²) in [5, 5.41) is 0. The lowest BCUT2D eigenvalue weighted by Crippen LogP contribution is -2.43. The number of benzene rings is 1. The number of hydrogen-bond donors (Lipinski definition) is 2. The molecule has 2 N–H and O–H groups in total. The van der Waals surface area contributed by atoms with Gasteiger partial charge in [-0.15, -0.1) is 0 Å². The first-order valence-electron chi connectivity index (χ1n) is 7.53. The molecular formula is C16H23BrN2O4. The minimum Gasteiger partial charge on any atom is -0.492 e. The highest BCUT2D eigenvalue weighted by Crippen LogP contribution is 2.26. The summed E-state index contributed by atoms with van der Waals surface area (Å²) >= 11 is 3.38. The second kappa shape index (κ2) is 10.2. The van der Waals surface area contributed by atoms with Crippen molar-refractivity contribution in [3.8, 4) is 5.75 Å². The van der Waals surface area contributed by atoms with E-state index in [-0.39, 0.29) is 6.61 Å². The molecule has 1 rings (SSSR count). The fourth-order valence-electron chi connectivity index (χ4n) is 1.59. The zero-order chi connectivity index (χ0) is 17.2. The molecule has 0 saturated carbocycles. The summed E-state index contributed by atoms with van der Waals surface area (Å²) in [6.07, 6.45) is 0.959. The second-order valence-corrected chi connectivity index (χ2v) is 6.17. The van der Waals surface area contributed by atoms with Crippen LogP contribution in [0.5, 0.6) is 5.75 Å². The molecule has 0 saturated heterocycles. The topological polar surface area (TPSA) is 76.7 Å². The molecular weight excluding hydrogens is 364 g/mol. The van der Waals surface area contributed by atoms with Crippen LogP contribution in [0, 0.1) is 5.92 Å². The predicted molar refractivity (Wildman–Crippen MR) is 91.2 cm³/mol. The van der Waals surface area contributed by atoms with Crippen molar-refractivity contribution in [3.05, 3.63) is 28.2 Å². The summed E-state index contributed by atoms with van der Waals surface area (Å²) in [5.74, 6) is 0.430. The van der Waals surface area contributed by atoms with Gasteiger partial charge in [-0.1, -0.05) is 13.8 Å². The molecule has 7 heteroatoms. The number of hydrogen-bond acceptors (Lipinski definition) is 4. The van der Waals surface area contributed by atoms with Gasteiger partial charge in [0.2, 0.25) is 0 Å². The SMILES string of the molecule is CCOCC(=O)NNC(=O)c1ccc(OCCC(C)C)c(Br)c1. The van der Waals surface area contributed by atoms with Crippen LogP contribution in [0.25, 0.3) is 0 Å². The van der Waals surface area contributed by atoms with E-state index in [4.69, 9.17) is 9.47 Å². The van der Waals surface area contributed by atoms with Crippen molar-refractivity contribution in [1.29, 1.82) is 0 Å². The standard InChI is InChI=1S/C16H23BrN2O4/c1-4-22-10-15(20)18-19-16(21)12-5-6-14(13(17)9-12)23-8-7-11(2)3/h5-6,9,11H,4,7-8,10H2,1-3H3,(H,18,20)(H,19,21). The Kier molecular flexibility index (Phi) is 8.65. The molecule has 0 bridgehead atoms. The lowest BCUT2D eigenvalue weighted by molar-refractivity contribution is -0.126. The van der Waals surface area contributed by atoms with E-state index in [0.29, 0.717) is 34.9 Å². The van der Waals surface area contributed by atoms with Crippen LogP contribution in [-0.2, 0) is 9.53 Å². The molecule has 1 aromatic carbocycles. The van der Waals surface area contributed by atoms with Crippen molar-refractivity contribution in [2.24, 2.45) is 5.92 Å². The van der Waals surface area contributed by atoms with E-state index in [2.05, 4.69) is 40.6 Å². The molecule has 0 aliphatic heterocycles. The third kappa shape index (κ3) is 7.47. The normalized spacial score (nSPS) is 10.5. The summed E-state index contributed by atoms with van der Waals surface area (Å²) in [6.45, 7) is 7.01. The Bertz CT molecular complexity index is 535. The first-order chi connectivity index (χ1) is 10.9.